The summed E-state index contributed by atoms with van der Waals surface area (Å²) < 4.78 is 0. The van der Waals surface area contributed by atoms with Crippen LogP contribution in [0.2, 0.25) is 0 Å². The highest BCUT2D eigenvalue weighted by atomic mass is 32.2. The van der Waals surface area contributed by atoms with Crippen LogP contribution in [-0.2, 0) is 4.79 Å². The molecule has 2 aromatic rings. The topological polar surface area (TPSA) is 102 Å². The quantitative estimate of drug-likeness (QED) is 0.327. The third kappa shape index (κ3) is 8.02. The van der Waals surface area contributed by atoms with Gasteiger partial charge < -0.3 is 20.8 Å². The second-order valence-corrected chi connectivity index (χ2v) is 13.6. The summed E-state index contributed by atoms with van der Waals surface area (Å²) in [6.45, 7) is 8.76. The smallest absolute Gasteiger partial charge is 0.252 e. The summed E-state index contributed by atoms with van der Waals surface area (Å²) in [5, 5.41) is 28.0. The number of likely N-dealkylation sites (tertiary alicyclic amines) is 1. The fourth-order valence-corrected chi connectivity index (χ4v) is 7.09. The molecular formula is C32H45N3O4S. The monoisotopic (exact) mass is 567 g/mol. The molecule has 2 amide bonds. The summed E-state index contributed by atoms with van der Waals surface area (Å²) in [5.41, 5.74) is 0.543. The number of β-amino-alcohol motifs (C(OH)–C–C–N with tert-alkyl or cyclic N) is 1. The van der Waals surface area contributed by atoms with Crippen LogP contribution in [0.3, 0.4) is 0 Å². The highest BCUT2D eigenvalue weighted by molar-refractivity contribution is 7.99. The highest BCUT2D eigenvalue weighted by Gasteiger charge is 2.41. The predicted octanol–water partition coefficient (Wildman–Crippen LogP) is 4.75. The second-order valence-electron chi connectivity index (χ2n) is 12.5. The maximum atomic E-state index is 13.5. The molecule has 4 rings (SSSR count). The van der Waals surface area contributed by atoms with Crippen LogP contribution in [0.25, 0.3) is 0 Å². The van der Waals surface area contributed by atoms with E-state index >= 15 is 0 Å². The molecular weight excluding hydrogens is 522 g/mol. The average molecular weight is 568 g/mol. The van der Waals surface area contributed by atoms with Gasteiger partial charge in [-0.2, -0.15) is 0 Å². The van der Waals surface area contributed by atoms with Gasteiger partial charge >= 0.3 is 0 Å². The molecule has 0 radical (unpaired) electrons. The number of aromatic hydroxyl groups is 1. The number of phenolic OH excluding ortho intramolecular Hbond substituents is 1. The van der Waals surface area contributed by atoms with E-state index in [1.54, 1.807) is 36.9 Å². The third-order valence-corrected chi connectivity index (χ3v) is 9.36. The Bertz CT molecular complexity index is 1150. The Labute approximate surface area is 243 Å². The molecule has 40 heavy (non-hydrogen) atoms. The van der Waals surface area contributed by atoms with E-state index in [1.807, 2.05) is 51.1 Å². The molecule has 1 aliphatic heterocycles. The van der Waals surface area contributed by atoms with E-state index in [2.05, 4.69) is 15.5 Å². The molecule has 1 aliphatic carbocycles. The Balaban J connectivity index is 1.54. The summed E-state index contributed by atoms with van der Waals surface area (Å²) in [7, 11) is 0. The minimum atomic E-state index is -0.886. The summed E-state index contributed by atoms with van der Waals surface area (Å²) >= 11 is 1.57. The molecule has 1 saturated carbocycles. The van der Waals surface area contributed by atoms with Crippen molar-refractivity contribution >= 4 is 23.6 Å². The van der Waals surface area contributed by atoms with Gasteiger partial charge in [-0.3, -0.25) is 14.5 Å². The Morgan fingerprint density at radius 3 is 2.45 bits per heavy atom. The molecule has 0 spiro atoms. The number of aliphatic hydroxyl groups is 1. The molecule has 4 N–H and O–H groups in total. The average Bonchev–Trinajstić information content (AvgIpc) is 2.91. The van der Waals surface area contributed by atoms with Gasteiger partial charge in [0.1, 0.15) is 5.75 Å². The van der Waals surface area contributed by atoms with Gasteiger partial charge in [-0.15, -0.1) is 11.8 Å². The number of piperidine rings is 1. The van der Waals surface area contributed by atoms with E-state index in [0.29, 0.717) is 35.3 Å². The second kappa shape index (κ2) is 13.4. The maximum Gasteiger partial charge on any atom is 0.252 e. The molecule has 2 aliphatic rings. The summed E-state index contributed by atoms with van der Waals surface area (Å²) in [6, 6.07) is 13.9. The van der Waals surface area contributed by atoms with E-state index in [4.69, 9.17) is 0 Å². The summed E-state index contributed by atoms with van der Waals surface area (Å²) in [5.74, 6) is 1.27. The van der Waals surface area contributed by atoms with Crippen molar-refractivity contribution in [1.82, 2.24) is 15.5 Å². The standard InChI is InChI=1S/C32H45N3O4S/c1-21-25(15-10-16-28(21)36)30(38)33-26(20-40-24-13-6-5-7-14-24)29(37)19-35-18-23-12-9-8-11-22(23)17-27(35)31(39)34-32(2,3)4/h5-7,10,13-16,22-23,26-27,29,36-37H,8-9,11-12,17-20H2,1-4H3,(H,33,38)(H,34,39)/t22-,23+,26-,27-,29?/m0/s1. The third-order valence-electron chi connectivity index (χ3n) is 8.23. The normalized spacial score (nSPS) is 23.1. The van der Waals surface area contributed by atoms with Crippen LogP contribution >= 0.6 is 11.8 Å². The van der Waals surface area contributed by atoms with Crippen molar-refractivity contribution in [2.75, 3.05) is 18.8 Å². The van der Waals surface area contributed by atoms with Crippen LogP contribution < -0.4 is 10.6 Å². The van der Waals surface area contributed by atoms with Gasteiger partial charge in [0.05, 0.1) is 18.2 Å². The van der Waals surface area contributed by atoms with E-state index in [1.165, 1.54) is 12.8 Å². The first kappa shape index (κ1) is 30.4. The van der Waals surface area contributed by atoms with Gasteiger partial charge in [0.15, 0.2) is 0 Å². The van der Waals surface area contributed by atoms with Gasteiger partial charge in [-0.1, -0.05) is 43.5 Å². The first-order valence-corrected chi connectivity index (χ1v) is 15.5. The number of nitrogens with zero attached hydrogens (tertiary/aromatic N) is 1. The SMILES string of the molecule is Cc1c(O)cccc1C(=O)N[C@@H](CSc1ccccc1)C(O)CN1C[C@H]2CCCC[C@H]2C[C@H]1C(=O)NC(C)(C)C. The van der Waals surface area contributed by atoms with Gasteiger partial charge in [-0.05, 0) is 76.6 Å². The van der Waals surface area contributed by atoms with Crippen LogP contribution in [0.5, 0.6) is 5.75 Å². The van der Waals surface area contributed by atoms with Crippen LogP contribution in [0.15, 0.2) is 53.4 Å². The van der Waals surface area contributed by atoms with Crippen molar-refractivity contribution < 1.29 is 19.8 Å². The molecule has 1 unspecified atom stereocenters. The molecule has 7 nitrogen and oxygen atoms in total. The van der Waals surface area contributed by atoms with Crippen molar-refractivity contribution in [2.45, 2.75) is 88.4 Å². The summed E-state index contributed by atoms with van der Waals surface area (Å²) in [4.78, 5) is 30.0. The van der Waals surface area contributed by atoms with Crippen molar-refractivity contribution in [3.05, 3.63) is 59.7 Å². The Morgan fingerprint density at radius 1 is 1.05 bits per heavy atom. The number of carbonyl (C=O) groups is 2. The van der Waals surface area contributed by atoms with E-state index < -0.39 is 12.1 Å². The highest BCUT2D eigenvalue weighted by Crippen LogP contribution is 2.39. The minimum absolute atomic E-state index is 0.0124. The molecule has 1 saturated heterocycles. The number of phenols is 1. The number of nitrogens with one attached hydrogen (secondary N) is 2. The molecule has 0 bridgehead atoms. The Morgan fingerprint density at radius 2 is 1.75 bits per heavy atom. The minimum Gasteiger partial charge on any atom is -0.508 e. The zero-order valence-electron chi connectivity index (χ0n) is 24.2. The van der Waals surface area contributed by atoms with Gasteiger partial charge in [0.2, 0.25) is 5.91 Å². The Kier molecular flexibility index (Phi) is 10.2. The number of rotatable bonds is 9. The van der Waals surface area contributed by atoms with E-state index in [9.17, 15) is 19.8 Å². The zero-order valence-corrected chi connectivity index (χ0v) is 25.0. The molecule has 8 heteroatoms. The number of aliphatic hydroxyl groups excluding tert-OH is 1. The lowest BCUT2D eigenvalue weighted by Gasteiger charge is -2.47. The molecule has 5 atom stereocenters. The lowest BCUT2D eigenvalue weighted by molar-refractivity contribution is -0.132. The molecule has 1 heterocycles. The predicted molar refractivity (Wildman–Crippen MR) is 161 cm³/mol. The van der Waals surface area contributed by atoms with Crippen molar-refractivity contribution in [1.29, 1.82) is 0 Å². The fraction of sp³-hybridized carbons (Fsp3) is 0.562. The zero-order chi connectivity index (χ0) is 28.9. The molecule has 0 aromatic heterocycles. The van der Waals surface area contributed by atoms with Gasteiger partial charge in [0, 0.05) is 40.4 Å². The number of carbonyl (C=O) groups excluding carboxylic acids is 2. The fourth-order valence-electron chi connectivity index (χ4n) is 6.06. The van der Waals surface area contributed by atoms with Crippen LogP contribution in [0.1, 0.15) is 68.8 Å². The number of amides is 2. The molecule has 2 fully saturated rings. The lowest BCUT2D eigenvalue weighted by atomic mass is 9.72. The first-order chi connectivity index (χ1) is 19.0. The van der Waals surface area contributed by atoms with E-state index in [-0.39, 0.29) is 29.1 Å². The van der Waals surface area contributed by atoms with Gasteiger partial charge in [-0.25, -0.2) is 0 Å². The number of fused-ring (bicyclic) bond motifs is 1. The number of hydrogen-bond acceptors (Lipinski definition) is 6. The van der Waals surface area contributed by atoms with E-state index in [0.717, 1.165) is 30.7 Å². The van der Waals surface area contributed by atoms with Crippen LogP contribution in [0.4, 0.5) is 0 Å². The van der Waals surface area contributed by atoms with Crippen LogP contribution in [0, 0.1) is 18.8 Å². The number of hydrogen-bond donors (Lipinski definition) is 4. The molecule has 2 aromatic carbocycles. The Hall–Kier alpha value is -2.55. The van der Waals surface area contributed by atoms with Crippen molar-refractivity contribution in [3.8, 4) is 5.75 Å². The van der Waals surface area contributed by atoms with Gasteiger partial charge in [0.25, 0.3) is 5.91 Å². The molecule has 218 valence electrons. The van der Waals surface area contributed by atoms with Crippen molar-refractivity contribution in [2.24, 2.45) is 11.8 Å². The first-order valence-electron chi connectivity index (χ1n) is 14.5. The number of thioether (sulfide) groups is 1. The lowest BCUT2D eigenvalue weighted by Crippen LogP contribution is -2.60. The van der Waals surface area contributed by atoms with Crippen molar-refractivity contribution in [3.63, 3.8) is 0 Å². The largest absolute Gasteiger partial charge is 0.508 e. The summed E-state index contributed by atoms with van der Waals surface area (Å²) in [6.07, 6.45) is 4.67. The maximum absolute atomic E-state index is 13.5. The number of benzene rings is 2. The van der Waals surface area contributed by atoms with Crippen LogP contribution in [-0.4, -0.2) is 69.5 Å².